The first kappa shape index (κ1) is 31.5. The van der Waals surface area contributed by atoms with Crippen LogP contribution in [0.25, 0.3) is 131 Å². The van der Waals surface area contributed by atoms with Gasteiger partial charge in [0.25, 0.3) is 0 Å². The molecule has 13 aromatic rings. The van der Waals surface area contributed by atoms with Gasteiger partial charge in [-0.3, -0.25) is 0 Å². The fourth-order valence-electron chi connectivity index (χ4n) is 9.87. The zero-order valence-electron chi connectivity index (χ0n) is 31.3. The molecule has 2 nitrogen and oxygen atoms in total. The molecule has 0 saturated heterocycles. The van der Waals surface area contributed by atoms with Crippen LogP contribution in [0.1, 0.15) is 0 Å². The predicted octanol–water partition coefficient (Wildman–Crippen LogP) is 16.3. The number of benzene rings is 11. The summed E-state index contributed by atoms with van der Waals surface area (Å²) in [5, 5.41) is 16.6. The van der Waals surface area contributed by atoms with Crippen LogP contribution in [0.15, 0.2) is 203 Å². The molecular formula is C56H32O2. The van der Waals surface area contributed by atoms with Crippen LogP contribution in [0, 0.1) is 0 Å². The van der Waals surface area contributed by atoms with Crippen molar-refractivity contribution >= 4 is 97.7 Å². The van der Waals surface area contributed by atoms with Crippen molar-refractivity contribution in [3.05, 3.63) is 194 Å². The zero-order valence-corrected chi connectivity index (χ0v) is 31.3. The molecular weight excluding hydrogens is 705 g/mol. The van der Waals surface area contributed by atoms with Crippen molar-refractivity contribution < 1.29 is 8.83 Å². The first-order valence-electron chi connectivity index (χ1n) is 19.9. The van der Waals surface area contributed by atoms with Gasteiger partial charge < -0.3 is 8.83 Å². The summed E-state index contributed by atoms with van der Waals surface area (Å²) in [6.07, 6.45) is 0. The summed E-state index contributed by atoms with van der Waals surface area (Å²) >= 11 is 0. The lowest BCUT2D eigenvalue weighted by Gasteiger charge is -2.20. The molecule has 0 spiro atoms. The molecule has 0 amide bonds. The van der Waals surface area contributed by atoms with Gasteiger partial charge in [-0.2, -0.15) is 0 Å². The maximum atomic E-state index is 6.62. The smallest absolute Gasteiger partial charge is 0.147 e. The van der Waals surface area contributed by atoms with Crippen molar-refractivity contribution in [1.82, 2.24) is 0 Å². The van der Waals surface area contributed by atoms with Crippen molar-refractivity contribution in [1.29, 1.82) is 0 Å². The van der Waals surface area contributed by atoms with Crippen LogP contribution in [-0.2, 0) is 0 Å². The van der Waals surface area contributed by atoms with E-state index in [-0.39, 0.29) is 0 Å². The van der Waals surface area contributed by atoms with E-state index >= 15 is 0 Å². The maximum Gasteiger partial charge on any atom is 0.147 e. The Bertz CT molecular complexity index is 3800. The van der Waals surface area contributed by atoms with Gasteiger partial charge in [0.05, 0.1) is 5.39 Å². The minimum Gasteiger partial charge on any atom is -0.456 e. The molecule has 268 valence electrons. The highest BCUT2D eigenvalue weighted by molar-refractivity contribution is 6.26. The Morgan fingerprint density at radius 1 is 0.259 bits per heavy atom. The fraction of sp³-hybridized carbons (Fsp3) is 0. The second kappa shape index (κ2) is 11.9. The second-order valence-electron chi connectivity index (χ2n) is 15.5. The van der Waals surface area contributed by atoms with Gasteiger partial charge in [0.1, 0.15) is 22.3 Å². The van der Waals surface area contributed by atoms with E-state index in [2.05, 4.69) is 194 Å². The van der Waals surface area contributed by atoms with E-state index < -0.39 is 0 Å². The summed E-state index contributed by atoms with van der Waals surface area (Å²) in [7, 11) is 0. The number of hydrogen-bond donors (Lipinski definition) is 0. The number of hydrogen-bond acceptors (Lipinski definition) is 2. The molecule has 0 aliphatic rings. The SMILES string of the molecule is c1ccc2cc3c(cc2c1)oc1c3ccc2oc3cc(-c4ccc(-c5c6ccccc6c(-c6cccc7ccccc67)c6ccccc56)c5ccccc45)ccc3c21. The number of furan rings is 2. The Morgan fingerprint density at radius 3 is 1.48 bits per heavy atom. The molecule has 0 saturated carbocycles. The monoisotopic (exact) mass is 736 g/mol. The molecule has 0 radical (unpaired) electrons. The van der Waals surface area contributed by atoms with E-state index in [4.69, 9.17) is 8.83 Å². The average molecular weight is 737 g/mol. The molecule has 2 heterocycles. The summed E-state index contributed by atoms with van der Waals surface area (Å²) in [4.78, 5) is 0. The summed E-state index contributed by atoms with van der Waals surface area (Å²) < 4.78 is 13.2. The summed E-state index contributed by atoms with van der Waals surface area (Å²) in [6, 6.07) is 70.4. The Hall–Kier alpha value is -7.68. The molecule has 0 bridgehead atoms. The zero-order chi connectivity index (χ0) is 37.9. The normalized spacial score (nSPS) is 12.1. The van der Waals surface area contributed by atoms with E-state index in [0.29, 0.717) is 0 Å². The molecule has 0 N–H and O–H groups in total. The average Bonchev–Trinajstić information content (AvgIpc) is 3.84. The van der Waals surface area contributed by atoms with Gasteiger partial charge in [-0.15, -0.1) is 0 Å². The molecule has 0 fully saturated rings. The molecule has 11 aromatic carbocycles. The summed E-state index contributed by atoms with van der Waals surface area (Å²) in [5.41, 5.74) is 10.7. The first-order valence-corrected chi connectivity index (χ1v) is 19.9. The second-order valence-corrected chi connectivity index (χ2v) is 15.5. The molecule has 13 rings (SSSR count). The maximum absolute atomic E-state index is 6.62. The third-order valence-electron chi connectivity index (χ3n) is 12.4. The van der Waals surface area contributed by atoms with Crippen molar-refractivity contribution in [2.24, 2.45) is 0 Å². The van der Waals surface area contributed by atoms with Crippen molar-refractivity contribution in [3.63, 3.8) is 0 Å². The van der Waals surface area contributed by atoms with Gasteiger partial charge in [-0.1, -0.05) is 158 Å². The largest absolute Gasteiger partial charge is 0.456 e. The molecule has 2 aromatic heterocycles. The highest BCUT2D eigenvalue weighted by Crippen LogP contribution is 2.48. The summed E-state index contributed by atoms with van der Waals surface area (Å²) in [5.74, 6) is 0. The van der Waals surface area contributed by atoms with Crippen LogP contribution in [-0.4, -0.2) is 0 Å². The summed E-state index contributed by atoms with van der Waals surface area (Å²) in [6.45, 7) is 0. The molecule has 0 atom stereocenters. The Kier molecular flexibility index (Phi) is 6.47. The van der Waals surface area contributed by atoms with Gasteiger partial charge in [-0.25, -0.2) is 0 Å². The first-order chi connectivity index (χ1) is 28.8. The third-order valence-corrected chi connectivity index (χ3v) is 12.4. The van der Waals surface area contributed by atoms with Gasteiger partial charge in [0.2, 0.25) is 0 Å². The van der Waals surface area contributed by atoms with Crippen LogP contribution in [0.4, 0.5) is 0 Å². The third kappa shape index (κ3) is 4.43. The highest BCUT2D eigenvalue weighted by atomic mass is 16.3. The van der Waals surface area contributed by atoms with Crippen molar-refractivity contribution in [2.45, 2.75) is 0 Å². The Balaban J connectivity index is 1.01. The quantitative estimate of drug-likeness (QED) is 0.169. The Labute approximate surface area is 332 Å². The number of fused-ring (bicyclic) bond motifs is 12. The lowest BCUT2D eigenvalue weighted by atomic mass is 9.83. The van der Waals surface area contributed by atoms with Crippen LogP contribution in [0.2, 0.25) is 0 Å². The van der Waals surface area contributed by atoms with Crippen LogP contribution >= 0.6 is 0 Å². The van der Waals surface area contributed by atoms with Crippen molar-refractivity contribution in [2.75, 3.05) is 0 Å². The van der Waals surface area contributed by atoms with Crippen LogP contribution < -0.4 is 0 Å². The van der Waals surface area contributed by atoms with E-state index in [1.54, 1.807) is 0 Å². The molecule has 2 heteroatoms. The van der Waals surface area contributed by atoms with Gasteiger partial charge in [-0.05, 0) is 124 Å². The lowest BCUT2D eigenvalue weighted by Crippen LogP contribution is -1.93. The van der Waals surface area contributed by atoms with Crippen molar-refractivity contribution in [3.8, 4) is 33.4 Å². The fourth-order valence-corrected chi connectivity index (χ4v) is 9.87. The van der Waals surface area contributed by atoms with Crippen LogP contribution in [0.5, 0.6) is 0 Å². The van der Waals surface area contributed by atoms with Gasteiger partial charge >= 0.3 is 0 Å². The standard InChI is InChI=1S/C56H32O2/c1-2-14-35-31-52-49(30-34(35)13-1)47-28-29-50-55(56(47)58-52)48-25-24-36(32-51(48)57-50)38-26-27-46(40-18-6-5-17-39(38)40)54-44-21-9-7-19-42(44)53(43-20-8-10-22-45(43)54)41-23-11-15-33-12-3-4-16-37(33)41/h1-32H. The van der Waals surface area contributed by atoms with Gasteiger partial charge in [0, 0.05) is 16.2 Å². The molecule has 0 aliphatic heterocycles. The topological polar surface area (TPSA) is 26.3 Å². The minimum absolute atomic E-state index is 0.828. The predicted molar refractivity (Wildman–Crippen MR) is 245 cm³/mol. The molecule has 0 aliphatic carbocycles. The Morgan fingerprint density at radius 2 is 0.776 bits per heavy atom. The lowest BCUT2D eigenvalue weighted by molar-refractivity contribution is 0.663. The minimum atomic E-state index is 0.828. The molecule has 0 unspecified atom stereocenters. The number of rotatable bonds is 3. The highest BCUT2D eigenvalue weighted by Gasteiger charge is 2.21. The van der Waals surface area contributed by atoms with E-state index in [9.17, 15) is 0 Å². The van der Waals surface area contributed by atoms with Gasteiger partial charge in [0.15, 0.2) is 0 Å². The molecule has 58 heavy (non-hydrogen) atoms. The van der Waals surface area contributed by atoms with E-state index in [1.807, 2.05) is 0 Å². The van der Waals surface area contributed by atoms with Crippen LogP contribution in [0.3, 0.4) is 0 Å². The van der Waals surface area contributed by atoms with E-state index in [1.165, 1.54) is 81.7 Å². The van der Waals surface area contributed by atoms with E-state index in [0.717, 1.165) is 49.4 Å².